The van der Waals surface area contributed by atoms with Crippen molar-refractivity contribution in [3.8, 4) is 11.8 Å². The van der Waals surface area contributed by atoms with E-state index in [1.807, 2.05) is 6.07 Å². The number of pyridine rings is 1. The summed E-state index contributed by atoms with van der Waals surface area (Å²) in [7, 11) is 0. The minimum Gasteiger partial charge on any atom is -0.506 e. The van der Waals surface area contributed by atoms with E-state index < -0.39 is 0 Å². The van der Waals surface area contributed by atoms with E-state index in [2.05, 4.69) is 4.98 Å². The fourth-order valence-corrected chi connectivity index (χ4v) is 0.820. The van der Waals surface area contributed by atoms with Gasteiger partial charge in [-0.3, -0.25) is 4.98 Å². The predicted molar refractivity (Wildman–Crippen MR) is 40.2 cm³/mol. The molecule has 1 N–H and O–H groups in total. The highest BCUT2D eigenvalue weighted by Crippen LogP contribution is 2.18. The molecule has 0 amide bonds. The molecule has 11 heavy (non-hydrogen) atoms. The normalized spacial score (nSPS) is 9.09. The molecular formula is C7H5ClN2O. The molecule has 0 aromatic carbocycles. The lowest BCUT2D eigenvalue weighted by Gasteiger charge is -1.97. The van der Waals surface area contributed by atoms with Gasteiger partial charge < -0.3 is 5.11 Å². The van der Waals surface area contributed by atoms with Crippen molar-refractivity contribution < 1.29 is 5.11 Å². The van der Waals surface area contributed by atoms with Gasteiger partial charge in [-0.25, -0.2) is 0 Å². The number of halogens is 1. The summed E-state index contributed by atoms with van der Waals surface area (Å²) in [6, 6.07) is 3.24. The first kappa shape index (κ1) is 7.83. The summed E-state index contributed by atoms with van der Waals surface area (Å²) in [5.74, 6) is -0.0287. The van der Waals surface area contributed by atoms with Crippen LogP contribution in [0.5, 0.6) is 5.75 Å². The van der Waals surface area contributed by atoms with Gasteiger partial charge in [0.25, 0.3) is 0 Å². The average molecular weight is 169 g/mol. The zero-order valence-corrected chi connectivity index (χ0v) is 6.34. The van der Waals surface area contributed by atoms with Crippen LogP contribution in [-0.2, 0) is 6.42 Å². The number of hydrogen-bond donors (Lipinski definition) is 1. The summed E-state index contributed by atoms with van der Waals surface area (Å²) in [5, 5.41) is 17.8. The summed E-state index contributed by atoms with van der Waals surface area (Å²) >= 11 is 5.51. The van der Waals surface area contributed by atoms with Gasteiger partial charge in [0.05, 0.1) is 23.2 Å². The van der Waals surface area contributed by atoms with Gasteiger partial charge in [-0.1, -0.05) is 11.6 Å². The summed E-state index contributed by atoms with van der Waals surface area (Å²) in [6.07, 6.45) is 1.50. The first-order valence-electron chi connectivity index (χ1n) is 2.94. The third-order valence-corrected chi connectivity index (χ3v) is 1.37. The number of nitriles is 1. The first-order valence-corrected chi connectivity index (χ1v) is 3.32. The minimum atomic E-state index is -0.0287. The highest BCUT2D eigenvalue weighted by Gasteiger charge is 2.01. The molecule has 0 bridgehead atoms. The Labute approximate surface area is 68.9 Å². The van der Waals surface area contributed by atoms with E-state index in [0.717, 1.165) is 0 Å². The standard InChI is InChI=1S/C7H5ClN2O/c8-5-3-7(11)6(1-2-9)10-4-5/h3-4,11H,1H2. The van der Waals surface area contributed by atoms with E-state index in [0.29, 0.717) is 10.7 Å². The average Bonchev–Trinajstić information content (AvgIpc) is 1.95. The van der Waals surface area contributed by atoms with Gasteiger partial charge in [0.1, 0.15) is 5.75 Å². The maximum absolute atomic E-state index is 9.12. The van der Waals surface area contributed by atoms with Crippen LogP contribution in [0.2, 0.25) is 5.02 Å². The maximum Gasteiger partial charge on any atom is 0.139 e. The SMILES string of the molecule is N#CCc1ncc(Cl)cc1O. The lowest BCUT2D eigenvalue weighted by Crippen LogP contribution is -1.87. The maximum atomic E-state index is 9.12. The molecule has 0 saturated heterocycles. The molecule has 0 fully saturated rings. The fraction of sp³-hybridized carbons (Fsp3) is 0.143. The Bertz CT molecular complexity index is 306. The molecule has 0 aliphatic carbocycles. The van der Waals surface area contributed by atoms with Crippen molar-refractivity contribution in [3.05, 3.63) is 23.0 Å². The topological polar surface area (TPSA) is 56.9 Å². The minimum absolute atomic E-state index is 0.0287. The Balaban J connectivity index is 3.01. The van der Waals surface area contributed by atoms with E-state index in [9.17, 15) is 0 Å². The van der Waals surface area contributed by atoms with Crippen LogP contribution in [0.25, 0.3) is 0 Å². The number of aromatic nitrogens is 1. The molecule has 0 saturated carbocycles. The Morgan fingerprint density at radius 3 is 3.00 bits per heavy atom. The van der Waals surface area contributed by atoms with Crippen molar-refractivity contribution in [3.63, 3.8) is 0 Å². The smallest absolute Gasteiger partial charge is 0.139 e. The molecule has 0 aliphatic heterocycles. The second-order valence-electron chi connectivity index (χ2n) is 1.95. The van der Waals surface area contributed by atoms with Crippen LogP contribution in [-0.4, -0.2) is 10.1 Å². The van der Waals surface area contributed by atoms with Gasteiger partial charge in [-0.2, -0.15) is 5.26 Å². The largest absolute Gasteiger partial charge is 0.506 e. The summed E-state index contributed by atoms with van der Waals surface area (Å²) in [6.45, 7) is 0. The molecule has 1 aromatic heterocycles. The molecule has 1 rings (SSSR count). The van der Waals surface area contributed by atoms with E-state index >= 15 is 0 Å². The van der Waals surface area contributed by atoms with Gasteiger partial charge >= 0.3 is 0 Å². The molecule has 3 nitrogen and oxygen atoms in total. The van der Waals surface area contributed by atoms with Crippen LogP contribution in [0.15, 0.2) is 12.3 Å². The Morgan fingerprint density at radius 1 is 1.73 bits per heavy atom. The second kappa shape index (κ2) is 3.22. The summed E-state index contributed by atoms with van der Waals surface area (Å²) < 4.78 is 0. The van der Waals surface area contributed by atoms with Crippen LogP contribution in [0.4, 0.5) is 0 Å². The third-order valence-electron chi connectivity index (χ3n) is 1.16. The number of nitrogens with zero attached hydrogens (tertiary/aromatic N) is 2. The second-order valence-corrected chi connectivity index (χ2v) is 2.39. The van der Waals surface area contributed by atoms with Crippen molar-refractivity contribution in [1.82, 2.24) is 4.98 Å². The highest BCUT2D eigenvalue weighted by atomic mass is 35.5. The van der Waals surface area contributed by atoms with E-state index in [-0.39, 0.29) is 12.2 Å². The van der Waals surface area contributed by atoms with Gasteiger partial charge in [0.2, 0.25) is 0 Å². The van der Waals surface area contributed by atoms with Gasteiger partial charge in [0.15, 0.2) is 0 Å². The van der Waals surface area contributed by atoms with Crippen molar-refractivity contribution in [1.29, 1.82) is 5.26 Å². The van der Waals surface area contributed by atoms with E-state index in [1.165, 1.54) is 12.3 Å². The highest BCUT2D eigenvalue weighted by molar-refractivity contribution is 6.30. The molecule has 0 aliphatic rings. The molecule has 56 valence electrons. The lowest BCUT2D eigenvalue weighted by molar-refractivity contribution is 0.466. The lowest BCUT2D eigenvalue weighted by atomic mass is 10.3. The van der Waals surface area contributed by atoms with Crippen molar-refractivity contribution in [2.45, 2.75) is 6.42 Å². The van der Waals surface area contributed by atoms with Crippen molar-refractivity contribution in [2.24, 2.45) is 0 Å². The molecule has 1 aromatic rings. The summed E-state index contributed by atoms with van der Waals surface area (Å²) in [4.78, 5) is 3.76. The molecule has 4 heteroatoms. The van der Waals surface area contributed by atoms with Crippen LogP contribution >= 0.6 is 11.6 Å². The predicted octanol–water partition coefficient (Wildman–Crippen LogP) is 1.51. The quantitative estimate of drug-likeness (QED) is 0.692. The Morgan fingerprint density at radius 2 is 2.45 bits per heavy atom. The number of rotatable bonds is 1. The van der Waals surface area contributed by atoms with E-state index in [4.69, 9.17) is 22.0 Å². The van der Waals surface area contributed by atoms with Crippen molar-refractivity contribution in [2.75, 3.05) is 0 Å². The van der Waals surface area contributed by atoms with Gasteiger partial charge in [-0.15, -0.1) is 0 Å². The van der Waals surface area contributed by atoms with Crippen LogP contribution < -0.4 is 0 Å². The molecule has 1 heterocycles. The Hall–Kier alpha value is -1.27. The van der Waals surface area contributed by atoms with Crippen molar-refractivity contribution >= 4 is 11.6 Å². The first-order chi connectivity index (χ1) is 5.24. The molecule has 0 unspecified atom stereocenters. The third kappa shape index (κ3) is 1.82. The molecule has 0 radical (unpaired) electrons. The number of aromatic hydroxyl groups is 1. The van der Waals surface area contributed by atoms with Crippen LogP contribution in [0, 0.1) is 11.3 Å². The summed E-state index contributed by atoms with van der Waals surface area (Å²) in [5.41, 5.74) is 0.358. The number of hydrogen-bond acceptors (Lipinski definition) is 3. The zero-order chi connectivity index (χ0) is 8.27. The molecular weight excluding hydrogens is 164 g/mol. The molecule has 0 atom stereocenters. The molecule has 0 spiro atoms. The monoisotopic (exact) mass is 168 g/mol. The zero-order valence-electron chi connectivity index (χ0n) is 5.58. The van der Waals surface area contributed by atoms with Crippen LogP contribution in [0.1, 0.15) is 5.69 Å². The van der Waals surface area contributed by atoms with Gasteiger partial charge in [0, 0.05) is 12.3 Å². The Kier molecular flexibility index (Phi) is 2.29. The van der Waals surface area contributed by atoms with E-state index in [1.54, 1.807) is 0 Å². The van der Waals surface area contributed by atoms with Gasteiger partial charge in [-0.05, 0) is 0 Å². The van der Waals surface area contributed by atoms with Crippen LogP contribution in [0.3, 0.4) is 0 Å². The fourth-order valence-electron chi connectivity index (χ4n) is 0.668.